The highest BCUT2D eigenvalue weighted by Gasteiger charge is 2.24. The molecule has 3 heterocycles. The highest BCUT2D eigenvalue weighted by Crippen LogP contribution is 2.41. The maximum atomic E-state index is 14.1. The fourth-order valence-electron chi connectivity index (χ4n) is 8.52. The van der Waals surface area contributed by atoms with E-state index in [1.165, 1.54) is 60.5 Å². The summed E-state index contributed by atoms with van der Waals surface area (Å²) in [5, 5.41) is 7.21. The van der Waals surface area contributed by atoms with Gasteiger partial charge in [0, 0.05) is 73.5 Å². The van der Waals surface area contributed by atoms with E-state index < -0.39 is 0 Å². The molecule has 0 aliphatic carbocycles. The molecule has 0 saturated carbocycles. The number of nitrogens with zero attached hydrogens (tertiary/aromatic N) is 3. The molecule has 0 aliphatic rings. The van der Waals surface area contributed by atoms with Crippen molar-refractivity contribution < 1.29 is 0 Å². The van der Waals surface area contributed by atoms with Crippen LogP contribution >= 0.6 is 0 Å². The predicted octanol–water partition coefficient (Wildman–Crippen LogP) is 9.85. The standard InChI is InChI=1S/C44H51N3O4/c1-4-7-10-11-12-13-14-15-16-17-26-45-39-29-20-18-22-31-37(29)35(43(50)46(41(31)48)24-8-5-2)27-33(39)34-28-36-38-30(40(34)45)21-19-23-32(38)42(49)47(44(36)51)25-9-6-3/h18-23,27-28H,4-17,24-26H2,1-3H3. The van der Waals surface area contributed by atoms with Crippen molar-refractivity contribution in [2.24, 2.45) is 0 Å². The second kappa shape index (κ2) is 15.0. The zero-order chi connectivity index (χ0) is 35.6. The van der Waals surface area contributed by atoms with E-state index >= 15 is 0 Å². The summed E-state index contributed by atoms with van der Waals surface area (Å²) in [5.41, 5.74) is 0.978. The molecule has 7 rings (SSSR count). The van der Waals surface area contributed by atoms with Gasteiger partial charge in [0.2, 0.25) is 0 Å². The minimum absolute atomic E-state index is 0.234. The number of hydrogen-bond acceptors (Lipinski definition) is 4. The van der Waals surface area contributed by atoms with E-state index in [9.17, 15) is 19.2 Å². The van der Waals surface area contributed by atoms with Crippen LogP contribution in [0.5, 0.6) is 0 Å². The Morgan fingerprint density at radius 1 is 0.373 bits per heavy atom. The molecule has 0 radical (unpaired) electrons. The summed E-state index contributed by atoms with van der Waals surface area (Å²) >= 11 is 0. The molecule has 0 amide bonds. The molecule has 266 valence electrons. The van der Waals surface area contributed by atoms with Gasteiger partial charge in [-0.05, 0) is 43.5 Å². The lowest BCUT2D eigenvalue weighted by Gasteiger charge is -2.14. The molecule has 51 heavy (non-hydrogen) atoms. The van der Waals surface area contributed by atoms with Crippen molar-refractivity contribution in [3.05, 3.63) is 89.9 Å². The zero-order valence-electron chi connectivity index (χ0n) is 30.6. The molecule has 7 aromatic rings. The first kappa shape index (κ1) is 34.9. The van der Waals surface area contributed by atoms with Gasteiger partial charge in [0.25, 0.3) is 22.2 Å². The number of fused-ring (bicyclic) bond motifs is 5. The molecule has 0 bridgehead atoms. The molecular weight excluding hydrogens is 635 g/mol. The molecule has 7 nitrogen and oxygen atoms in total. The molecule has 7 heteroatoms. The third-order valence-electron chi connectivity index (χ3n) is 11.2. The average molecular weight is 686 g/mol. The highest BCUT2D eigenvalue weighted by molar-refractivity contribution is 6.31. The fourth-order valence-corrected chi connectivity index (χ4v) is 8.52. The van der Waals surface area contributed by atoms with Crippen molar-refractivity contribution in [1.82, 2.24) is 13.7 Å². The Hall–Kier alpha value is -4.52. The van der Waals surface area contributed by atoms with Crippen LogP contribution in [0.1, 0.15) is 111 Å². The van der Waals surface area contributed by atoms with Gasteiger partial charge in [-0.3, -0.25) is 28.3 Å². The van der Waals surface area contributed by atoms with Gasteiger partial charge in [0.05, 0.1) is 11.0 Å². The average Bonchev–Trinajstić information content (AvgIpc) is 3.46. The Kier molecular flexibility index (Phi) is 10.3. The van der Waals surface area contributed by atoms with Crippen LogP contribution in [0.3, 0.4) is 0 Å². The molecule has 0 unspecified atom stereocenters. The van der Waals surface area contributed by atoms with Crippen molar-refractivity contribution in [2.45, 2.75) is 130 Å². The van der Waals surface area contributed by atoms with E-state index in [1.807, 2.05) is 48.5 Å². The van der Waals surface area contributed by atoms with Crippen LogP contribution in [-0.4, -0.2) is 13.7 Å². The minimum Gasteiger partial charge on any atom is -0.339 e. The Labute approximate surface area is 298 Å². The number of unbranched alkanes of at least 4 members (excludes halogenated alkanes) is 11. The van der Waals surface area contributed by atoms with Crippen molar-refractivity contribution in [3.63, 3.8) is 0 Å². The number of aromatic nitrogens is 3. The topological polar surface area (TPSA) is 83.1 Å². The predicted molar refractivity (Wildman–Crippen MR) is 215 cm³/mol. The van der Waals surface area contributed by atoms with Gasteiger partial charge in [-0.2, -0.15) is 0 Å². The number of pyridine rings is 2. The van der Waals surface area contributed by atoms with Gasteiger partial charge in [-0.15, -0.1) is 0 Å². The third kappa shape index (κ3) is 6.02. The fraction of sp³-hybridized carbons (Fsp3) is 0.455. The van der Waals surface area contributed by atoms with E-state index in [2.05, 4.69) is 25.3 Å². The van der Waals surface area contributed by atoms with E-state index in [1.54, 1.807) is 0 Å². The lowest BCUT2D eigenvalue weighted by Crippen LogP contribution is -2.33. The summed E-state index contributed by atoms with van der Waals surface area (Å²) in [6, 6.07) is 15.6. The van der Waals surface area contributed by atoms with Gasteiger partial charge < -0.3 is 4.57 Å². The summed E-state index contributed by atoms with van der Waals surface area (Å²) in [6.07, 6.45) is 15.6. The maximum absolute atomic E-state index is 14.1. The van der Waals surface area contributed by atoms with Crippen molar-refractivity contribution in [2.75, 3.05) is 0 Å². The lowest BCUT2D eigenvalue weighted by molar-refractivity contribution is 0.541. The molecule has 0 atom stereocenters. The minimum atomic E-state index is -0.258. The highest BCUT2D eigenvalue weighted by atomic mass is 16.2. The Balaban J connectivity index is 1.46. The molecule has 0 aliphatic heterocycles. The molecular formula is C44H51N3O4. The lowest BCUT2D eigenvalue weighted by atomic mass is 9.96. The van der Waals surface area contributed by atoms with Gasteiger partial charge in [0.15, 0.2) is 0 Å². The van der Waals surface area contributed by atoms with E-state index in [4.69, 9.17) is 0 Å². The number of aryl methyl sites for hydroxylation is 1. The molecule has 0 fully saturated rings. The van der Waals surface area contributed by atoms with Crippen LogP contribution < -0.4 is 22.2 Å². The van der Waals surface area contributed by atoms with Crippen molar-refractivity contribution in [3.8, 4) is 0 Å². The maximum Gasteiger partial charge on any atom is 0.261 e. The van der Waals surface area contributed by atoms with Gasteiger partial charge in [0.1, 0.15) is 0 Å². The second-order valence-electron chi connectivity index (χ2n) is 14.7. The Bertz CT molecular complexity index is 2430. The summed E-state index contributed by atoms with van der Waals surface area (Å²) in [6.45, 7) is 7.89. The van der Waals surface area contributed by atoms with Crippen molar-refractivity contribution >= 4 is 64.9 Å². The van der Waals surface area contributed by atoms with E-state index in [-0.39, 0.29) is 22.2 Å². The zero-order valence-corrected chi connectivity index (χ0v) is 30.6. The first-order valence-corrected chi connectivity index (χ1v) is 19.6. The number of rotatable bonds is 17. The van der Waals surface area contributed by atoms with Gasteiger partial charge in [-0.1, -0.05) is 116 Å². The van der Waals surface area contributed by atoms with Crippen LogP contribution in [0.25, 0.3) is 64.9 Å². The number of hydrogen-bond donors (Lipinski definition) is 0. The Morgan fingerprint density at radius 3 is 1.16 bits per heavy atom. The second-order valence-corrected chi connectivity index (χ2v) is 14.7. The summed E-state index contributed by atoms with van der Waals surface area (Å²) in [5.74, 6) is 0. The van der Waals surface area contributed by atoms with E-state index in [0.717, 1.165) is 77.6 Å². The van der Waals surface area contributed by atoms with Crippen LogP contribution in [0, 0.1) is 0 Å². The van der Waals surface area contributed by atoms with E-state index in [0.29, 0.717) is 45.4 Å². The molecule has 0 spiro atoms. The summed E-state index contributed by atoms with van der Waals surface area (Å²) in [7, 11) is 0. The van der Waals surface area contributed by atoms with Gasteiger partial charge in [-0.25, -0.2) is 0 Å². The Morgan fingerprint density at radius 2 is 0.725 bits per heavy atom. The van der Waals surface area contributed by atoms with Gasteiger partial charge >= 0.3 is 0 Å². The summed E-state index contributed by atoms with van der Waals surface area (Å²) in [4.78, 5) is 55.8. The third-order valence-corrected chi connectivity index (χ3v) is 11.2. The summed E-state index contributed by atoms with van der Waals surface area (Å²) < 4.78 is 5.17. The first-order chi connectivity index (χ1) is 24.9. The molecule has 0 saturated heterocycles. The normalized spacial score (nSPS) is 12.3. The van der Waals surface area contributed by atoms with Crippen molar-refractivity contribution in [1.29, 1.82) is 0 Å². The molecule has 3 aromatic heterocycles. The van der Waals surface area contributed by atoms with Crippen LogP contribution in [0.2, 0.25) is 0 Å². The number of benzene rings is 4. The smallest absolute Gasteiger partial charge is 0.261 e. The molecule has 0 N–H and O–H groups in total. The quantitative estimate of drug-likeness (QED) is 0.0894. The SMILES string of the molecule is CCCCCCCCCCCCn1c2c(cc3c(=O)n(CCCC)c(=O)c4cccc2c43)c2cc3c(=O)n(CCCC)c(=O)c4cccc(c43)c21. The van der Waals surface area contributed by atoms with Crippen LogP contribution in [0.4, 0.5) is 0 Å². The van der Waals surface area contributed by atoms with Crippen LogP contribution in [0.15, 0.2) is 67.7 Å². The largest absolute Gasteiger partial charge is 0.339 e. The van der Waals surface area contributed by atoms with Crippen LogP contribution in [-0.2, 0) is 19.6 Å². The first-order valence-electron chi connectivity index (χ1n) is 19.6. The monoisotopic (exact) mass is 685 g/mol. The molecule has 4 aromatic carbocycles.